The molecule has 1 aliphatic rings. The second-order valence-corrected chi connectivity index (χ2v) is 5.32. The van der Waals surface area contributed by atoms with Gasteiger partial charge in [-0.3, -0.25) is 4.79 Å². The third-order valence-electron chi connectivity index (χ3n) is 3.90. The van der Waals surface area contributed by atoms with Crippen LogP contribution in [0.4, 0.5) is 0 Å². The molecule has 0 saturated carbocycles. The van der Waals surface area contributed by atoms with Gasteiger partial charge in [0, 0.05) is 18.5 Å². The van der Waals surface area contributed by atoms with E-state index in [9.17, 15) is 4.79 Å². The molecule has 0 radical (unpaired) electrons. The summed E-state index contributed by atoms with van der Waals surface area (Å²) in [5.41, 5.74) is 4.73. The number of fused-ring (bicyclic) bond motifs is 1. The summed E-state index contributed by atoms with van der Waals surface area (Å²) in [4.78, 5) is 12.3. The van der Waals surface area contributed by atoms with E-state index in [4.69, 9.17) is 0 Å². The van der Waals surface area contributed by atoms with Crippen LogP contribution in [-0.4, -0.2) is 12.3 Å². The average Bonchev–Trinajstić information content (AvgIpc) is 2.53. The molecule has 1 aliphatic heterocycles. The number of nitrogens with one attached hydrogen (secondary N) is 1. The highest BCUT2D eigenvalue weighted by molar-refractivity contribution is 5.96. The molecule has 0 spiro atoms. The summed E-state index contributed by atoms with van der Waals surface area (Å²) in [5, 5.41) is 3.35. The highest BCUT2D eigenvalue weighted by Gasteiger charge is 2.12. The van der Waals surface area contributed by atoms with E-state index in [0.717, 1.165) is 31.5 Å². The minimum absolute atomic E-state index is 0.238. The number of aryl methyl sites for hydroxylation is 1. The van der Waals surface area contributed by atoms with Crippen molar-refractivity contribution in [3.05, 3.63) is 70.8 Å². The molecule has 3 rings (SSSR count). The molecule has 2 nitrogen and oxygen atoms in total. The maximum atomic E-state index is 12.3. The van der Waals surface area contributed by atoms with Gasteiger partial charge in [0.05, 0.1) is 0 Å². The number of carbonyl (C=O) groups excluding carboxylic acids is 1. The van der Waals surface area contributed by atoms with Crippen LogP contribution in [0.2, 0.25) is 0 Å². The number of Topliss-reactive ketones (excluding diaryl/α,β-unsaturated/α-hetero) is 1. The zero-order valence-electron chi connectivity index (χ0n) is 11.6. The molecule has 1 heterocycles. The van der Waals surface area contributed by atoms with Crippen molar-refractivity contribution in [2.24, 2.45) is 0 Å². The predicted molar refractivity (Wildman–Crippen MR) is 80.9 cm³/mol. The second-order valence-electron chi connectivity index (χ2n) is 5.32. The topological polar surface area (TPSA) is 29.1 Å². The lowest BCUT2D eigenvalue weighted by Gasteiger charge is -2.17. The number of carbonyl (C=O) groups is 1. The summed E-state index contributed by atoms with van der Waals surface area (Å²) in [6.07, 6.45) is 2.46. The van der Waals surface area contributed by atoms with Gasteiger partial charge in [0.25, 0.3) is 0 Å². The van der Waals surface area contributed by atoms with Crippen LogP contribution in [0.1, 0.15) is 33.5 Å². The minimum atomic E-state index is 0.238. The Bertz CT molecular complexity index is 604. The van der Waals surface area contributed by atoms with Crippen molar-refractivity contribution in [1.29, 1.82) is 0 Å². The first-order valence-corrected chi connectivity index (χ1v) is 7.22. The van der Waals surface area contributed by atoms with Crippen LogP contribution in [-0.2, 0) is 19.4 Å². The summed E-state index contributed by atoms with van der Waals surface area (Å²) >= 11 is 0. The maximum absolute atomic E-state index is 12.3. The highest BCUT2D eigenvalue weighted by Crippen LogP contribution is 2.17. The van der Waals surface area contributed by atoms with Crippen molar-refractivity contribution in [2.75, 3.05) is 6.54 Å². The van der Waals surface area contributed by atoms with Gasteiger partial charge in [-0.25, -0.2) is 0 Å². The van der Waals surface area contributed by atoms with Crippen molar-refractivity contribution in [3.63, 3.8) is 0 Å². The van der Waals surface area contributed by atoms with Gasteiger partial charge in [0.1, 0.15) is 0 Å². The molecule has 2 aromatic carbocycles. The highest BCUT2D eigenvalue weighted by atomic mass is 16.1. The van der Waals surface area contributed by atoms with Crippen LogP contribution in [0.3, 0.4) is 0 Å². The van der Waals surface area contributed by atoms with Crippen LogP contribution in [0, 0.1) is 0 Å². The molecule has 0 atom stereocenters. The summed E-state index contributed by atoms with van der Waals surface area (Å²) < 4.78 is 0. The van der Waals surface area contributed by atoms with E-state index in [1.165, 1.54) is 16.7 Å². The van der Waals surface area contributed by atoms with Crippen molar-refractivity contribution >= 4 is 5.78 Å². The third-order valence-corrected chi connectivity index (χ3v) is 3.90. The fourth-order valence-electron chi connectivity index (χ4n) is 2.70. The van der Waals surface area contributed by atoms with Crippen LogP contribution in [0.15, 0.2) is 48.5 Å². The lowest BCUT2D eigenvalue weighted by Crippen LogP contribution is -2.23. The van der Waals surface area contributed by atoms with E-state index in [2.05, 4.69) is 29.6 Å². The number of benzene rings is 2. The fourth-order valence-corrected chi connectivity index (χ4v) is 2.70. The first-order valence-electron chi connectivity index (χ1n) is 7.22. The van der Waals surface area contributed by atoms with Crippen LogP contribution in [0.5, 0.6) is 0 Å². The van der Waals surface area contributed by atoms with Gasteiger partial charge in [-0.15, -0.1) is 0 Å². The molecule has 0 aliphatic carbocycles. The predicted octanol–water partition coefficient (Wildman–Crippen LogP) is 3.15. The standard InChI is InChI=1S/C18H19NO/c20-18(9-6-14-4-2-1-3-5-14)16-8-7-15-10-11-19-13-17(15)12-16/h1-5,7-8,12,19H,6,9-11,13H2. The zero-order chi connectivity index (χ0) is 13.8. The third kappa shape index (κ3) is 2.97. The fraction of sp³-hybridized carbons (Fsp3) is 0.278. The van der Waals surface area contributed by atoms with E-state index in [1.807, 2.05) is 24.3 Å². The van der Waals surface area contributed by atoms with Gasteiger partial charge < -0.3 is 5.32 Å². The van der Waals surface area contributed by atoms with Crippen LogP contribution < -0.4 is 5.32 Å². The monoisotopic (exact) mass is 265 g/mol. The van der Waals surface area contributed by atoms with Crippen molar-refractivity contribution in [1.82, 2.24) is 5.32 Å². The lowest BCUT2D eigenvalue weighted by molar-refractivity contribution is 0.0982. The molecule has 2 heteroatoms. The summed E-state index contributed by atoms with van der Waals surface area (Å²) in [6, 6.07) is 16.4. The van der Waals surface area contributed by atoms with Gasteiger partial charge >= 0.3 is 0 Å². The van der Waals surface area contributed by atoms with Crippen molar-refractivity contribution in [3.8, 4) is 0 Å². The Morgan fingerprint density at radius 3 is 2.75 bits per heavy atom. The Kier molecular flexibility index (Phi) is 3.93. The molecule has 0 fully saturated rings. The molecule has 0 amide bonds. The van der Waals surface area contributed by atoms with Gasteiger partial charge in [-0.05, 0) is 42.1 Å². The number of rotatable bonds is 4. The molecule has 2 aromatic rings. The molecule has 102 valence electrons. The molecule has 0 saturated heterocycles. The molecule has 1 N–H and O–H groups in total. The van der Waals surface area contributed by atoms with Crippen LogP contribution >= 0.6 is 0 Å². The summed E-state index contributed by atoms with van der Waals surface area (Å²) in [7, 11) is 0. The molecule has 0 aromatic heterocycles. The molecule has 0 unspecified atom stereocenters. The Labute approximate surface area is 119 Å². The first-order chi connectivity index (χ1) is 9.83. The minimum Gasteiger partial charge on any atom is -0.312 e. The molecular weight excluding hydrogens is 246 g/mol. The maximum Gasteiger partial charge on any atom is 0.163 e. The Hall–Kier alpha value is -1.93. The molecular formula is C18H19NO. The van der Waals surface area contributed by atoms with E-state index in [-0.39, 0.29) is 5.78 Å². The number of ketones is 1. The zero-order valence-corrected chi connectivity index (χ0v) is 11.6. The quantitative estimate of drug-likeness (QED) is 0.860. The molecule has 0 bridgehead atoms. The molecule has 20 heavy (non-hydrogen) atoms. The van der Waals surface area contributed by atoms with Gasteiger partial charge in [-0.1, -0.05) is 42.5 Å². The summed E-state index contributed by atoms with van der Waals surface area (Å²) in [5.74, 6) is 0.238. The number of hydrogen-bond acceptors (Lipinski definition) is 2. The smallest absolute Gasteiger partial charge is 0.163 e. The van der Waals surface area contributed by atoms with E-state index in [1.54, 1.807) is 0 Å². The van der Waals surface area contributed by atoms with Crippen molar-refractivity contribution in [2.45, 2.75) is 25.8 Å². The normalized spacial score (nSPS) is 13.8. The lowest BCUT2D eigenvalue weighted by atomic mass is 9.95. The summed E-state index contributed by atoms with van der Waals surface area (Å²) in [6.45, 7) is 1.92. The van der Waals surface area contributed by atoms with E-state index >= 15 is 0 Å². The Balaban J connectivity index is 1.68. The average molecular weight is 265 g/mol. The second kappa shape index (κ2) is 6.02. The van der Waals surface area contributed by atoms with Gasteiger partial charge in [-0.2, -0.15) is 0 Å². The SMILES string of the molecule is O=C(CCc1ccccc1)c1ccc2c(c1)CNCC2. The number of hydrogen-bond donors (Lipinski definition) is 1. The van der Waals surface area contributed by atoms with E-state index < -0.39 is 0 Å². The van der Waals surface area contributed by atoms with Crippen molar-refractivity contribution < 1.29 is 4.79 Å². The Morgan fingerprint density at radius 1 is 1.05 bits per heavy atom. The van der Waals surface area contributed by atoms with Gasteiger partial charge in [0.2, 0.25) is 0 Å². The first kappa shape index (κ1) is 13.1. The Morgan fingerprint density at radius 2 is 1.90 bits per heavy atom. The van der Waals surface area contributed by atoms with Crippen LogP contribution in [0.25, 0.3) is 0 Å². The van der Waals surface area contributed by atoms with Gasteiger partial charge in [0.15, 0.2) is 5.78 Å². The largest absolute Gasteiger partial charge is 0.312 e. The van der Waals surface area contributed by atoms with E-state index in [0.29, 0.717) is 6.42 Å².